The van der Waals surface area contributed by atoms with E-state index in [1.807, 2.05) is 24.3 Å². The minimum atomic E-state index is 0.918. The van der Waals surface area contributed by atoms with E-state index < -0.39 is 0 Å². The maximum absolute atomic E-state index is 4.80. The molecular formula is C17H13N3S. The lowest BCUT2D eigenvalue weighted by Crippen LogP contribution is -1.80. The van der Waals surface area contributed by atoms with E-state index in [2.05, 4.69) is 40.5 Å². The van der Waals surface area contributed by atoms with Crippen LogP contribution in [-0.2, 0) is 0 Å². The van der Waals surface area contributed by atoms with E-state index in [4.69, 9.17) is 4.98 Å². The zero-order chi connectivity index (χ0) is 14.2. The van der Waals surface area contributed by atoms with E-state index in [0.29, 0.717) is 0 Å². The molecule has 1 aromatic carbocycles. The number of thiazole rings is 1. The molecule has 3 nitrogen and oxygen atoms in total. The number of rotatable bonds is 2. The summed E-state index contributed by atoms with van der Waals surface area (Å²) in [7, 11) is 0. The number of benzene rings is 1. The summed E-state index contributed by atoms with van der Waals surface area (Å²) >= 11 is 1.67. The minimum absolute atomic E-state index is 0.918. The number of hydrogen-bond acceptors (Lipinski definition) is 3. The van der Waals surface area contributed by atoms with E-state index in [-0.39, 0.29) is 0 Å². The zero-order valence-electron chi connectivity index (χ0n) is 11.5. The molecule has 0 aliphatic heterocycles. The fraction of sp³-hybridized carbons (Fsp3) is 0.0588. The Morgan fingerprint density at radius 2 is 1.90 bits per heavy atom. The van der Waals surface area contributed by atoms with Gasteiger partial charge in [0.25, 0.3) is 0 Å². The third kappa shape index (κ3) is 2.04. The van der Waals surface area contributed by atoms with Crippen LogP contribution in [0.5, 0.6) is 0 Å². The second-order valence-electron chi connectivity index (χ2n) is 4.93. The standard InChI is InChI=1S/C17H13N3S/c1-11-15(13-8-5-9-18-16(13)19-11)17-20-14(10-21-17)12-6-3-2-4-7-12/h2-10H,1H3,(H,18,19). The van der Waals surface area contributed by atoms with Crippen LogP contribution < -0.4 is 0 Å². The first-order chi connectivity index (χ1) is 10.3. The Labute approximate surface area is 126 Å². The van der Waals surface area contributed by atoms with Crippen molar-refractivity contribution < 1.29 is 0 Å². The van der Waals surface area contributed by atoms with Gasteiger partial charge in [-0.15, -0.1) is 11.3 Å². The van der Waals surface area contributed by atoms with Gasteiger partial charge in [-0.3, -0.25) is 0 Å². The maximum atomic E-state index is 4.80. The van der Waals surface area contributed by atoms with Crippen molar-refractivity contribution in [2.75, 3.05) is 0 Å². The van der Waals surface area contributed by atoms with Crippen molar-refractivity contribution in [1.29, 1.82) is 0 Å². The fourth-order valence-electron chi connectivity index (χ4n) is 2.55. The summed E-state index contributed by atoms with van der Waals surface area (Å²) in [4.78, 5) is 12.5. The van der Waals surface area contributed by atoms with Crippen LogP contribution in [0.1, 0.15) is 5.69 Å². The molecule has 21 heavy (non-hydrogen) atoms. The number of aromatic amines is 1. The van der Waals surface area contributed by atoms with Gasteiger partial charge >= 0.3 is 0 Å². The number of aromatic nitrogens is 3. The Morgan fingerprint density at radius 3 is 2.76 bits per heavy atom. The van der Waals surface area contributed by atoms with Crippen LogP contribution in [0, 0.1) is 6.92 Å². The second-order valence-corrected chi connectivity index (χ2v) is 5.79. The molecular weight excluding hydrogens is 278 g/mol. The van der Waals surface area contributed by atoms with Gasteiger partial charge in [-0.1, -0.05) is 30.3 Å². The van der Waals surface area contributed by atoms with E-state index in [9.17, 15) is 0 Å². The topological polar surface area (TPSA) is 41.6 Å². The monoisotopic (exact) mass is 291 g/mol. The highest BCUT2D eigenvalue weighted by Gasteiger charge is 2.14. The molecule has 4 rings (SSSR count). The van der Waals surface area contributed by atoms with Crippen LogP contribution >= 0.6 is 11.3 Å². The fourth-order valence-corrected chi connectivity index (χ4v) is 3.50. The normalized spacial score (nSPS) is 11.1. The Morgan fingerprint density at radius 1 is 1.05 bits per heavy atom. The molecule has 1 N–H and O–H groups in total. The van der Waals surface area contributed by atoms with Crippen molar-refractivity contribution in [2.45, 2.75) is 6.92 Å². The zero-order valence-corrected chi connectivity index (χ0v) is 12.3. The third-order valence-electron chi connectivity index (χ3n) is 3.55. The molecule has 0 atom stereocenters. The van der Waals surface area contributed by atoms with E-state index in [0.717, 1.165) is 38.6 Å². The van der Waals surface area contributed by atoms with Gasteiger partial charge in [-0.05, 0) is 19.1 Å². The van der Waals surface area contributed by atoms with Gasteiger partial charge in [0.1, 0.15) is 10.7 Å². The highest BCUT2D eigenvalue weighted by molar-refractivity contribution is 7.13. The summed E-state index contributed by atoms with van der Waals surface area (Å²) < 4.78 is 0. The maximum Gasteiger partial charge on any atom is 0.138 e. The van der Waals surface area contributed by atoms with Crippen molar-refractivity contribution in [3.05, 3.63) is 59.7 Å². The highest BCUT2D eigenvalue weighted by Crippen LogP contribution is 2.35. The van der Waals surface area contributed by atoms with Crippen LogP contribution in [0.4, 0.5) is 0 Å². The number of H-pyrrole nitrogens is 1. The second kappa shape index (κ2) is 4.82. The predicted octanol–water partition coefficient (Wildman–Crippen LogP) is 4.66. The molecule has 3 aromatic heterocycles. The summed E-state index contributed by atoms with van der Waals surface area (Å²) in [5.41, 5.74) is 5.35. The van der Waals surface area contributed by atoms with Crippen LogP contribution in [0.25, 0.3) is 32.9 Å². The number of pyridine rings is 1. The van der Waals surface area contributed by atoms with Crippen molar-refractivity contribution in [3.63, 3.8) is 0 Å². The number of fused-ring (bicyclic) bond motifs is 1. The number of hydrogen-bond donors (Lipinski definition) is 1. The molecule has 0 unspecified atom stereocenters. The summed E-state index contributed by atoms with van der Waals surface area (Å²) in [6.45, 7) is 2.07. The molecule has 0 amide bonds. The first-order valence-corrected chi connectivity index (χ1v) is 7.65. The quantitative estimate of drug-likeness (QED) is 0.583. The largest absolute Gasteiger partial charge is 0.343 e. The van der Waals surface area contributed by atoms with E-state index >= 15 is 0 Å². The minimum Gasteiger partial charge on any atom is -0.343 e. The molecule has 3 heterocycles. The van der Waals surface area contributed by atoms with Crippen molar-refractivity contribution in [1.82, 2.24) is 15.0 Å². The van der Waals surface area contributed by atoms with Crippen molar-refractivity contribution >= 4 is 22.4 Å². The van der Waals surface area contributed by atoms with Crippen LogP contribution in [-0.4, -0.2) is 15.0 Å². The average Bonchev–Trinajstić information content (AvgIpc) is 3.11. The number of aryl methyl sites for hydroxylation is 1. The van der Waals surface area contributed by atoms with Crippen LogP contribution in [0.2, 0.25) is 0 Å². The summed E-state index contributed by atoms with van der Waals surface area (Å²) in [6.07, 6.45) is 1.80. The van der Waals surface area contributed by atoms with Crippen molar-refractivity contribution in [2.24, 2.45) is 0 Å². The SMILES string of the molecule is Cc1[nH]c2ncccc2c1-c1nc(-c2ccccc2)cs1. The van der Waals surface area contributed by atoms with Gasteiger partial charge in [-0.2, -0.15) is 0 Å². The van der Waals surface area contributed by atoms with Gasteiger partial charge in [0.2, 0.25) is 0 Å². The van der Waals surface area contributed by atoms with Gasteiger partial charge in [0.05, 0.1) is 5.69 Å². The van der Waals surface area contributed by atoms with E-state index in [1.54, 1.807) is 17.5 Å². The van der Waals surface area contributed by atoms with Crippen LogP contribution in [0.3, 0.4) is 0 Å². The Hall–Kier alpha value is -2.46. The predicted molar refractivity (Wildman–Crippen MR) is 87.4 cm³/mol. The van der Waals surface area contributed by atoms with Gasteiger partial charge < -0.3 is 4.98 Å². The Bertz CT molecular complexity index is 906. The lowest BCUT2D eigenvalue weighted by Gasteiger charge is -1.97. The molecule has 0 spiro atoms. The molecule has 0 saturated heterocycles. The molecule has 0 aliphatic carbocycles. The lowest BCUT2D eigenvalue weighted by atomic mass is 10.1. The number of nitrogens with zero attached hydrogens (tertiary/aromatic N) is 2. The van der Waals surface area contributed by atoms with Gasteiger partial charge in [0, 0.05) is 33.8 Å². The number of nitrogens with one attached hydrogen (secondary N) is 1. The van der Waals surface area contributed by atoms with Crippen LogP contribution in [0.15, 0.2) is 54.0 Å². The van der Waals surface area contributed by atoms with Crippen molar-refractivity contribution in [3.8, 4) is 21.8 Å². The molecule has 0 fully saturated rings. The summed E-state index contributed by atoms with van der Waals surface area (Å²) in [6, 6.07) is 14.3. The Kier molecular flexibility index (Phi) is 2.82. The average molecular weight is 291 g/mol. The molecule has 4 aromatic rings. The van der Waals surface area contributed by atoms with E-state index in [1.165, 1.54) is 0 Å². The molecule has 4 heteroatoms. The summed E-state index contributed by atoms with van der Waals surface area (Å²) in [5, 5.41) is 4.27. The molecule has 102 valence electrons. The smallest absolute Gasteiger partial charge is 0.138 e. The molecule has 0 aliphatic rings. The Balaban J connectivity index is 1.87. The third-order valence-corrected chi connectivity index (χ3v) is 4.41. The first-order valence-electron chi connectivity index (χ1n) is 6.77. The lowest BCUT2D eigenvalue weighted by molar-refractivity contribution is 1.25. The molecule has 0 saturated carbocycles. The summed E-state index contributed by atoms with van der Waals surface area (Å²) in [5.74, 6) is 0. The first kappa shape index (κ1) is 12.3. The molecule has 0 bridgehead atoms. The molecule has 0 radical (unpaired) electrons. The van der Waals surface area contributed by atoms with Gasteiger partial charge in [0.15, 0.2) is 0 Å². The highest BCUT2D eigenvalue weighted by atomic mass is 32.1. The van der Waals surface area contributed by atoms with Gasteiger partial charge in [-0.25, -0.2) is 9.97 Å².